The monoisotopic (exact) mass is 299 g/mol. The van der Waals surface area contributed by atoms with Gasteiger partial charge in [0.2, 0.25) is 5.91 Å². The number of amides is 1. The molecule has 1 fully saturated rings. The van der Waals surface area contributed by atoms with Crippen molar-refractivity contribution in [2.75, 3.05) is 13.1 Å². The summed E-state index contributed by atoms with van der Waals surface area (Å²) < 4.78 is 0.674. The van der Waals surface area contributed by atoms with Crippen molar-refractivity contribution in [1.29, 1.82) is 0 Å². The Morgan fingerprint density at radius 1 is 1.47 bits per heavy atom. The molecule has 2 unspecified atom stereocenters. The zero-order valence-electron chi connectivity index (χ0n) is 10.4. The summed E-state index contributed by atoms with van der Waals surface area (Å²) in [4.78, 5) is 25.4. The van der Waals surface area contributed by atoms with Crippen LogP contribution in [-0.2, 0) is 9.59 Å². The largest absolute Gasteiger partial charge is 0.481 e. The quantitative estimate of drug-likeness (QED) is 0.873. The van der Waals surface area contributed by atoms with E-state index < -0.39 is 11.9 Å². The van der Waals surface area contributed by atoms with Gasteiger partial charge in [0.1, 0.15) is 0 Å². The van der Waals surface area contributed by atoms with Gasteiger partial charge in [0.15, 0.2) is 0 Å². The van der Waals surface area contributed by atoms with Gasteiger partial charge >= 0.3 is 5.97 Å². The third-order valence-corrected chi connectivity index (χ3v) is 4.42. The average Bonchev–Trinajstić information content (AvgIpc) is 2.92. The van der Waals surface area contributed by atoms with E-state index in [-0.39, 0.29) is 18.4 Å². The van der Waals surface area contributed by atoms with Crippen LogP contribution in [-0.4, -0.2) is 35.0 Å². The second-order valence-electron chi connectivity index (χ2n) is 4.64. The zero-order valence-corrected chi connectivity index (χ0v) is 11.9. The summed E-state index contributed by atoms with van der Waals surface area (Å²) >= 11 is 7.19. The second kappa shape index (κ2) is 5.75. The van der Waals surface area contributed by atoms with Crippen molar-refractivity contribution in [3.05, 3.63) is 27.4 Å². The van der Waals surface area contributed by atoms with Crippen LogP contribution in [0.2, 0.25) is 4.34 Å². The Bertz CT molecular complexity index is 526. The number of rotatable bonds is 3. The van der Waals surface area contributed by atoms with Gasteiger partial charge in [-0.05, 0) is 24.1 Å². The van der Waals surface area contributed by atoms with E-state index >= 15 is 0 Å². The summed E-state index contributed by atoms with van der Waals surface area (Å²) in [7, 11) is 0. The first-order valence-electron chi connectivity index (χ1n) is 5.92. The number of halogens is 1. The van der Waals surface area contributed by atoms with Crippen molar-refractivity contribution >= 4 is 40.9 Å². The zero-order chi connectivity index (χ0) is 14.0. The molecule has 0 saturated carbocycles. The maximum Gasteiger partial charge on any atom is 0.308 e. The second-order valence-corrected chi connectivity index (χ2v) is 6.39. The highest BCUT2D eigenvalue weighted by atomic mass is 35.5. The molecule has 0 aliphatic carbocycles. The van der Waals surface area contributed by atoms with E-state index in [0.29, 0.717) is 10.9 Å². The molecule has 0 bridgehead atoms. The predicted octanol–water partition coefficient (Wildman–Crippen LogP) is 2.59. The molecule has 19 heavy (non-hydrogen) atoms. The van der Waals surface area contributed by atoms with E-state index in [2.05, 4.69) is 0 Å². The molecule has 2 heterocycles. The number of aliphatic carboxylic acids is 1. The highest BCUT2D eigenvalue weighted by molar-refractivity contribution is 7.17. The fraction of sp³-hybridized carbons (Fsp3) is 0.385. The van der Waals surface area contributed by atoms with E-state index in [0.717, 1.165) is 4.88 Å². The number of hydrogen-bond donors (Lipinski definition) is 1. The highest BCUT2D eigenvalue weighted by Gasteiger charge is 2.36. The van der Waals surface area contributed by atoms with Crippen molar-refractivity contribution < 1.29 is 14.7 Å². The first-order chi connectivity index (χ1) is 8.97. The fourth-order valence-corrected chi connectivity index (χ4v) is 3.11. The molecule has 1 aromatic heterocycles. The summed E-state index contributed by atoms with van der Waals surface area (Å²) in [6.45, 7) is 2.63. The number of carbonyl (C=O) groups excluding carboxylic acids is 1. The number of hydrogen-bond acceptors (Lipinski definition) is 3. The molecule has 1 aliphatic rings. The first kappa shape index (κ1) is 14.1. The maximum absolute atomic E-state index is 12.0. The SMILES string of the molecule is CC1CN(C(=O)C=Cc2ccc(Cl)s2)CC1C(=O)O. The van der Waals surface area contributed by atoms with Crippen LogP contribution in [0.15, 0.2) is 18.2 Å². The van der Waals surface area contributed by atoms with Gasteiger partial charge in [-0.3, -0.25) is 9.59 Å². The number of carbonyl (C=O) groups is 2. The Balaban J connectivity index is 1.98. The topological polar surface area (TPSA) is 57.6 Å². The fourth-order valence-electron chi connectivity index (χ4n) is 2.14. The van der Waals surface area contributed by atoms with Gasteiger partial charge in [-0.15, -0.1) is 11.3 Å². The van der Waals surface area contributed by atoms with E-state index in [1.807, 2.05) is 13.0 Å². The molecule has 2 rings (SSSR count). The summed E-state index contributed by atoms with van der Waals surface area (Å²) in [5.41, 5.74) is 0. The molecule has 4 nitrogen and oxygen atoms in total. The van der Waals surface area contributed by atoms with Crippen LogP contribution in [0, 0.1) is 11.8 Å². The summed E-state index contributed by atoms with van der Waals surface area (Å²) in [5.74, 6) is -1.46. The van der Waals surface area contributed by atoms with Crippen LogP contribution in [0.3, 0.4) is 0 Å². The third kappa shape index (κ3) is 3.36. The van der Waals surface area contributed by atoms with Crippen molar-refractivity contribution in [2.45, 2.75) is 6.92 Å². The molecule has 102 valence electrons. The molecule has 2 atom stereocenters. The Labute approximate surface area is 120 Å². The van der Waals surface area contributed by atoms with Crippen molar-refractivity contribution in [1.82, 2.24) is 4.90 Å². The molecular weight excluding hydrogens is 286 g/mol. The van der Waals surface area contributed by atoms with E-state index in [4.69, 9.17) is 16.7 Å². The van der Waals surface area contributed by atoms with Gasteiger partial charge in [-0.1, -0.05) is 18.5 Å². The lowest BCUT2D eigenvalue weighted by atomic mass is 9.99. The van der Waals surface area contributed by atoms with Crippen LogP contribution >= 0.6 is 22.9 Å². The standard InChI is InChI=1S/C13H14ClNO3S/c1-8-6-15(7-10(8)13(17)18)12(16)5-3-9-2-4-11(14)19-9/h2-5,8,10H,6-7H2,1H3,(H,17,18). The van der Waals surface area contributed by atoms with Crippen LogP contribution in [0.25, 0.3) is 6.08 Å². The molecule has 1 amide bonds. The minimum Gasteiger partial charge on any atom is -0.481 e. The smallest absolute Gasteiger partial charge is 0.308 e. The van der Waals surface area contributed by atoms with E-state index in [1.165, 1.54) is 17.4 Å². The lowest BCUT2D eigenvalue weighted by Gasteiger charge is -2.12. The Morgan fingerprint density at radius 2 is 2.21 bits per heavy atom. The van der Waals surface area contributed by atoms with Crippen LogP contribution in [0.4, 0.5) is 0 Å². The van der Waals surface area contributed by atoms with E-state index in [1.54, 1.807) is 17.0 Å². The van der Waals surface area contributed by atoms with E-state index in [9.17, 15) is 9.59 Å². The maximum atomic E-state index is 12.0. The lowest BCUT2D eigenvalue weighted by molar-refractivity contribution is -0.142. The summed E-state index contributed by atoms with van der Waals surface area (Å²) in [6, 6.07) is 3.61. The van der Waals surface area contributed by atoms with Gasteiger partial charge < -0.3 is 10.0 Å². The molecule has 1 saturated heterocycles. The molecule has 1 aromatic rings. The molecule has 6 heteroatoms. The van der Waals surface area contributed by atoms with Gasteiger partial charge in [0.05, 0.1) is 10.3 Å². The van der Waals surface area contributed by atoms with Crippen LogP contribution < -0.4 is 0 Å². The summed E-state index contributed by atoms with van der Waals surface area (Å²) in [6.07, 6.45) is 3.18. The third-order valence-electron chi connectivity index (χ3n) is 3.23. The van der Waals surface area contributed by atoms with Gasteiger partial charge in [0, 0.05) is 24.0 Å². The van der Waals surface area contributed by atoms with Crippen LogP contribution in [0.5, 0.6) is 0 Å². The Hall–Kier alpha value is -1.33. The normalized spacial score (nSPS) is 23.2. The van der Waals surface area contributed by atoms with Crippen molar-refractivity contribution in [3.63, 3.8) is 0 Å². The lowest BCUT2D eigenvalue weighted by Crippen LogP contribution is -2.28. The Kier molecular flexibility index (Phi) is 4.27. The highest BCUT2D eigenvalue weighted by Crippen LogP contribution is 2.25. The molecule has 1 N–H and O–H groups in total. The summed E-state index contributed by atoms with van der Waals surface area (Å²) in [5, 5.41) is 9.02. The minimum atomic E-state index is -0.836. The number of thiophene rings is 1. The number of nitrogens with zero attached hydrogens (tertiary/aromatic N) is 1. The number of likely N-dealkylation sites (tertiary alicyclic amines) is 1. The van der Waals surface area contributed by atoms with Crippen molar-refractivity contribution in [3.8, 4) is 0 Å². The van der Waals surface area contributed by atoms with Crippen LogP contribution in [0.1, 0.15) is 11.8 Å². The first-order valence-corrected chi connectivity index (χ1v) is 7.12. The number of carboxylic acid groups (broad SMARTS) is 1. The average molecular weight is 300 g/mol. The molecular formula is C13H14ClNO3S. The molecule has 0 radical (unpaired) electrons. The predicted molar refractivity (Wildman–Crippen MR) is 75.2 cm³/mol. The minimum absolute atomic E-state index is 0.00830. The van der Waals surface area contributed by atoms with Gasteiger partial charge in [-0.25, -0.2) is 0 Å². The number of carboxylic acids is 1. The van der Waals surface area contributed by atoms with Gasteiger partial charge in [0.25, 0.3) is 0 Å². The van der Waals surface area contributed by atoms with Gasteiger partial charge in [-0.2, -0.15) is 0 Å². The van der Waals surface area contributed by atoms with Crippen molar-refractivity contribution in [2.24, 2.45) is 11.8 Å². The Morgan fingerprint density at radius 3 is 2.74 bits per heavy atom. The molecule has 1 aliphatic heterocycles. The molecule has 0 aromatic carbocycles. The molecule has 0 spiro atoms.